The molecule has 0 saturated carbocycles. The van der Waals surface area contributed by atoms with E-state index in [0.717, 1.165) is 16.0 Å². The summed E-state index contributed by atoms with van der Waals surface area (Å²) in [6.45, 7) is 6.19. The average molecular weight is 337 g/mol. The minimum absolute atomic E-state index is 0.00667. The standard InChI is InChI=1S/C20H19NO4/c1-4-25-16-7-5-14(6-8-16)17-18(22)20(24)21(19(17)23)15-10-12(2)9-13(3)11-15/h5-11,22H,4H2,1-3H3. The number of amides is 2. The van der Waals surface area contributed by atoms with Crippen molar-refractivity contribution in [2.24, 2.45) is 0 Å². The van der Waals surface area contributed by atoms with Gasteiger partial charge in [-0.2, -0.15) is 0 Å². The molecule has 128 valence electrons. The fourth-order valence-electron chi connectivity index (χ4n) is 2.98. The predicted octanol–water partition coefficient (Wildman–Crippen LogP) is 3.54. The Morgan fingerprint density at radius 2 is 1.56 bits per heavy atom. The molecule has 1 N–H and O–H groups in total. The lowest BCUT2D eigenvalue weighted by Gasteiger charge is -2.16. The summed E-state index contributed by atoms with van der Waals surface area (Å²) in [7, 11) is 0. The molecule has 0 spiro atoms. The molecule has 1 heterocycles. The van der Waals surface area contributed by atoms with Gasteiger partial charge in [0.15, 0.2) is 5.76 Å². The average Bonchev–Trinajstić information content (AvgIpc) is 2.77. The lowest BCUT2D eigenvalue weighted by atomic mass is 10.1. The molecular weight excluding hydrogens is 318 g/mol. The van der Waals surface area contributed by atoms with E-state index in [1.165, 1.54) is 0 Å². The molecular formula is C20H19NO4. The van der Waals surface area contributed by atoms with Gasteiger partial charge in [0, 0.05) is 0 Å². The summed E-state index contributed by atoms with van der Waals surface area (Å²) in [5, 5.41) is 10.3. The number of carbonyl (C=O) groups is 2. The van der Waals surface area contributed by atoms with Crippen LogP contribution in [0.3, 0.4) is 0 Å². The van der Waals surface area contributed by atoms with Gasteiger partial charge in [-0.3, -0.25) is 9.59 Å². The number of carbonyl (C=O) groups excluding carboxylic acids is 2. The number of aliphatic hydroxyl groups is 1. The quantitative estimate of drug-likeness (QED) is 0.867. The lowest BCUT2D eigenvalue weighted by molar-refractivity contribution is -0.121. The number of imide groups is 1. The first-order chi connectivity index (χ1) is 11.9. The van der Waals surface area contributed by atoms with Crippen LogP contribution in [-0.2, 0) is 9.59 Å². The second-order valence-corrected chi connectivity index (χ2v) is 5.97. The Balaban J connectivity index is 1.99. The molecule has 0 bridgehead atoms. The van der Waals surface area contributed by atoms with Crippen LogP contribution in [0.2, 0.25) is 0 Å². The molecule has 3 rings (SSSR count). The maximum absolute atomic E-state index is 12.8. The van der Waals surface area contributed by atoms with Crippen molar-refractivity contribution in [3.05, 3.63) is 64.9 Å². The van der Waals surface area contributed by atoms with Crippen molar-refractivity contribution >= 4 is 23.1 Å². The highest BCUT2D eigenvalue weighted by atomic mass is 16.5. The zero-order valence-electron chi connectivity index (χ0n) is 14.4. The predicted molar refractivity (Wildman–Crippen MR) is 95.6 cm³/mol. The molecule has 1 aliphatic heterocycles. The van der Waals surface area contributed by atoms with Crippen LogP contribution in [0.25, 0.3) is 5.57 Å². The van der Waals surface area contributed by atoms with Gasteiger partial charge in [-0.05, 0) is 61.7 Å². The summed E-state index contributed by atoms with van der Waals surface area (Å²) >= 11 is 0. The molecule has 1 aliphatic rings. The lowest BCUT2D eigenvalue weighted by Crippen LogP contribution is -2.31. The molecule has 0 atom stereocenters. The summed E-state index contributed by atoms with van der Waals surface area (Å²) < 4.78 is 5.37. The van der Waals surface area contributed by atoms with Crippen molar-refractivity contribution in [2.45, 2.75) is 20.8 Å². The first kappa shape index (κ1) is 16.8. The van der Waals surface area contributed by atoms with Crippen molar-refractivity contribution < 1.29 is 19.4 Å². The maximum Gasteiger partial charge on any atom is 0.301 e. The largest absolute Gasteiger partial charge is 0.502 e. The van der Waals surface area contributed by atoms with Crippen LogP contribution in [0, 0.1) is 13.8 Å². The number of ether oxygens (including phenoxy) is 1. The van der Waals surface area contributed by atoms with Crippen LogP contribution < -0.4 is 9.64 Å². The van der Waals surface area contributed by atoms with E-state index in [4.69, 9.17) is 4.74 Å². The Morgan fingerprint density at radius 3 is 2.12 bits per heavy atom. The van der Waals surface area contributed by atoms with Gasteiger partial charge in [-0.1, -0.05) is 18.2 Å². The summed E-state index contributed by atoms with van der Waals surface area (Å²) in [4.78, 5) is 26.3. The first-order valence-electron chi connectivity index (χ1n) is 8.06. The van der Waals surface area contributed by atoms with E-state index < -0.39 is 17.6 Å². The van der Waals surface area contributed by atoms with Gasteiger partial charge in [0.25, 0.3) is 5.91 Å². The monoisotopic (exact) mass is 337 g/mol. The van der Waals surface area contributed by atoms with Crippen molar-refractivity contribution in [3.63, 3.8) is 0 Å². The zero-order chi connectivity index (χ0) is 18.1. The van der Waals surface area contributed by atoms with E-state index in [0.29, 0.717) is 23.6 Å². The SMILES string of the molecule is CCOc1ccc(C2=C(O)C(=O)N(c3cc(C)cc(C)c3)C2=O)cc1. The van der Waals surface area contributed by atoms with Crippen molar-refractivity contribution in [3.8, 4) is 5.75 Å². The Labute approximate surface area is 146 Å². The van der Waals surface area contributed by atoms with Gasteiger partial charge in [0.2, 0.25) is 0 Å². The fraction of sp³-hybridized carbons (Fsp3) is 0.200. The summed E-state index contributed by atoms with van der Waals surface area (Å²) in [5.41, 5.74) is 2.81. The topological polar surface area (TPSA) is 66.8 Å². The second-order valence-electron chi connectivity index (χ2n) is 5.97. The Kier molecular flexibility index (Phi) is 4.31. The van der Waals surface area contributed by atoms with Crippen LogP contribution >= 0.6 is 0 Å². The van der Waals surface area contributed by atoms with Gasteiger partial charge in [0.1, 0.15) is 5.75 Å². The Hall–Kier alpha value is -3.08. The van der Waals surface area contributed by atoms with Gasteiger partial charge in [-0.25, -0.2) is 4.90 Å². The van der Waals surface area contributed by atoms with Gasteiger partial charge >= 0.3 is 5.91 Å². The summed E-state index contributed by atoms with van der Waals surface area (Å²) in [6, 6.07) is 12.2. The molecule has 5 heteroatoms. The Bertz CT molecular complexity index is 861. The van der Waals surface area contributed by atoms with Crippen LogP contribution in [0.15, 0.2) is 48.2 Å². The molecule has 0 radical (unpaired) electrons. The highest BCUT2D eigenvalue weighted by Crippen LogP contribution is 2.33. The molecule has 5 nitrogen and oxygen atoms in total. The third kappa shape index (κ3) is 3.01. The second kappa shape index (κ2) is 6.43. The maximum atomic E-state index is 12.8. The molecule has 0 aromatic heterocycles. The van der Waals surface area contributed by atoms with E-state index in [-0.39, 0.29) is 5.57 Å². The van der Waals surface area contributed by atoms with E-state index in [1.54, 1.807) is 36.4 Å². The number of benzene rings is 2. The molecule has 2 aromatic rings. The van der Waals surface area contributed by atoms with E-state index in [9.17, 15) is 14.7 Å². The highest BCUT2D eigenvalue weighted by Gasteiger charge is 2.40. The number of aryl methyl sites for hydroxylation is 2. The van der Waals surface area contributed by atoms with E-state index in [2.05, 4.69) is 0 Å². The van der Waals surface area contributed by atoms with Crippen LogP contribution in [0.1, 0.15) is 23.6 Å². The third-order valence-corrected chi connectivity index (χ3v) is 3.98. The highest BCUT2D eigenvalue weighted by molar-refractivity contribution is 6.44. The van der Waals surface area contributed by atoms with Gasteiger partial charge in [0.05, 0.1) is 17.9 Å². The fourth-order valence-corrected chi connectivity index (χ4v) is 2.98. The molecule has 2 aromatic carbocycles. The van der Waals surface area contributed by atoms with Gasteiger partial charge in [-0.15, -0.1) is 0 Å². The number of aliphatic hydroxyl groups excluding tert-OH is 1. The van der Waals surface area contributed by atoms with Crippen molar-refractivity contribution in [1.29, 1.82) is 0 Å². The Morgan fingerprint density at radius 1 is 0.960 bits per heavy atom. The van der Waals surface area contributed by atoms with E-state index in [1.807, 2.05) is 26.8 Å². The molecule has 0 unspecified atom stereocenters. The number of rotatable bonds is 4. The number of hydrogen-bond acceptors (Lipinski definition) is 4. The minimum atomic E-state index is -0.709. The third-order valence-electron chi connectivity index (χ3n) is 3.98. The van der Waals surface area contributed by atoms with Crippen LogP contribution in [0.4, 0.5) is 5.69 Å². The molecule has 2 amide bonds. The number of nitrogens with zero attached hydrogens (tertiary/aromatic N) is 1. The normalized spacial score (nSPS) is 14.4. The number of anilines is 1. The summed E-state index contributed by atoms with van der Waals surface area (Å²) in [5.74, 6) is -1.11. The van der Waals surface area contributed by atoms with Crippen LogP contribution in [-0.4, -0.2) is 23.5 Å². The van der Waals surface area contributed by atoms with Crippen LogP contribution in [0.5, 0.6) is 5.75 Å². The van der Waals surface area contributed by atoms with E-state index >= 15 is 0 Å². The summed E-state index contributed by atoms with van der Waals surface area (Å²) in [6.07, 6.45) is 0. The molecule has 25 heavy (non-hydrogen) atoms. The molecule has 0 fully saturated rings. The molecule has 0 saturated heterocycles. The number of hydrogen-bond donors (Lipinski definition) is 1. The minimum Gasteiger partial charge on any atom is -0.502 e. The first-order valence-corrected chi connectivity index (χ1v) is 8.06. The van der Waals surface area contributed by atoms with Gasteiger partial charge < -0.3 is 9.84 Å². The zero-order valence-corrected chi connectivity index (χ0v) is 14.4. The van der Waals surface area contributed by atoms with Crippen molar-refractivity contribution in [1.82, 2.24) is 0 Å². The smallest absolute Gasteiger partial charge is 0.301 e. The molecule has 0 aliphatic carbocycles. The van der Waals surface area contributed by atoms with Crippen molar-refractivity contribution in [2.75, 3.05) is 11.5 Å².